The Balaban J connectivity index is 0.00000196. The fraction of sp³-hybridized carbons (Fsp3) is 0.364. The van der Waals surface area contributed by atoms with Crippen molar-refractivity contribution in [3.8, 4) is 0 Å². The number of quaternary nitrogens is 1. The van der Waals surface area contributed by atoms with Gasteiger partial charge in [-0.3, -0.25) is 9.28 Å². The number of carboxylic acids is 1. The van der Waals surface area contributed by atoms with E-state index in [1.165, 1.54) is 0 Å². The average molecular weight is 321 g/mol. The summed E-state index contributed by atoms with van der Waals surface area (Å²) in [5.41, 5.74) is 1.96. The zero-order chi connectivity index (χ0) is 10.8. The van der Waals surface area contributed by atoms with Crippen LogP contribution in [-0.2, 0) is 11.2 Å². The number of aliphatic carboxylic acids is 1. The second kappa shape index (κ2) is 5.46. The van der Waals surface area contributed by atoms with Gasteiger partial charge in [0.2, 0.25) is 0 Å². The molecule has 0 saturated heterocycles. The van der Waals surface area contributed by atoms with Crippen molar-refractivity contribution >= 4 is 11.7 Å². The van der Waals surface area contributed by atoms with Gasteiger partial charge in [0, 0.05) is 6.07 Å². The lowest BCUT2D eigenvalue weighted by molar-refractivity contribution is -0.136. The van der Waals surface area contributed by atoms with E-state index < -0.39 is 5.97 Å². The summed E-state index contributed by atoms with van der Waals surface area (Å²) in [7, 11) is 6.17. The van der Waals surface area contributed by atoms with Gasteiger partial charge in [0.15, 0.2) is 0 Å². The van der Waals surface area contributed by atoms with Gasteiger partial charge in [-0.05, 0) is 11.6 Å². The summed E-state index contributed by atoms with van der Waals surface area (Å²) in [6.07, 6.45) is 0.0911. The Labute approximate surface area is 107 Å². The van der Waals surface area contributed by atoms with E-state index in [4.69, 9.17) is 5.11 Å². The van der Waals surface area contributed by atoms with Crippen LogP contribution in [0.15, 0.2) is 24.3 Å². The van der Waals surface area contributed by atoms with Crippen molar-refractivity contribution in [1.29, 1.82) is 0 Å². The fourth-order valence-corrected chi connectivity index (χ4v) is 1.26. The first-order valence-corrected chi connectivity index (χ1v) is 4.52. The minimum atomic E-state index is -0.788. The summed E-state index contributed by atoms with van der Waals surface area (Å²) in [5.74, 6) is -0.788. The molecular weight excluding hydrogens is 305 g/mol. The predicted octanol–water partition coefficient (Wildman–Crippen LogP) is -1.49. The van der Waals surface area contributed by atoms with Crippen molar-refractivity contribution in [2.24, 2.45) is 0 Å². The molecule has 3 nitrogen and oxygen atoms in total. The Morgan fingerprint density at radius 2 is 1.93 bits per heavy atom. The van der Waals surface area contributed by atoms with Gasteiger partial charge in [0.25, 0.3) is 0 Å². The Morgan fingerprint density at radius 3 is 2.40 bits per heavy atom. The van der Waals surface area contributed by atoms with Crippen molar-refractivity contribution < 1.29 is 33.9 Å². The first-order valence-electron chi connectivity index (χ1n) is 4.52. The quantitative estimate of drug-likeness (QED) is 0.544. The van der Waals surface area contributed by atoms with Gasteiger partial charge < -0.3 is 29.1 Å². The molecule has 0 spiro atoms. The van der Waals surface area contributed by atoms with Crippen LogP contribution in [0.3, 0.4) is 0 Å². The molecule has 0 aliphatic heterocycles. The third kappa shape index (κ3) is 4.61. The van der Waals surface area contributed by atoms with Crippen molar-refractivity contribution in [3.63, 3.8) is 0 Å². The van der Waals surface area contributed by atoms with Crippen molar-refractivity contribution in [3.05, 3.63) is 29.8 Å². The molecule has 1 N–H and O–H groups in total. The van der Waals surface area contributed by atoms with Gasteiger partial charge in [-0.1, -0.05) is 12.1 Å². The van der Waals surface area contributed by atoms with E-state index in [-0.39, 0.29) is 30.4 Å². The molecule has 0 heterocycles. The second-order valence-electron chi connectivity index (χ2n) is 4.25. The maximum absolute atomic E-state index is 10.5. The Morgan fingerprint density at radius 1 is 1.33 bits per heavy atom. The van der Waals surface area contributed by atoms with Crippen molar-refractivity contribution in [2.75, 3.05) is 21.1 Å². The molecule has 0 bridgehead atoms. The number of rotatable bonds is 3. The van der Waals surface area contributed by atoms with E-state index in [0.717, 1.165) is 11.3 Å². The maximum Gasteiger partial charge on any atom is 0.307 e. The number of hydrogen-bond donors (Lipinski definition) is 1. The van der Waals surface area contributed by atoms with Gasteiger partial charge in [0.05, 0.1) is 27.6 Å². The smallest absolute Gasteiger partial charge is 0.307 e. The normalized spacial score (nSPS) is 10.6. The third-order valence-electron chi connectivity index (χ3n) is 2.04. The molecular formula is C11H16INO2. The second-order valence-corrected chi connectivity index (χ2v) is 4.25. The lowest BCUT2D eigenvalue weighted by atomic mass is 10.1. The van der Waals surface area contributed by atoms with E-state index in [2.05, 4.69) is 21.1 Å². The van der Waals surface area contributed by atoms with Crippen LogP contribution in [-0.4, -0.2) is 32.2 Å². The van der Waals surface area contributed by atoms with Gasteiger partial charge in [-0.2, -0.15) is 0 Å². The molecule has 0 aromatic heterocycles. The molecule has 0 aliphatic rings. The van der Waals surface area contributed by atoms with Crippen molar-refractivity contribution in [1.82, 2.24) is 4.48 Å². The summed E-state index contributed by atoms with van der Waals surface area (Å²) >= 11 is 0. The molecule has 0 radical (unpaired) electrons. The number of carbonyl (C=O) groups is 1. The Bertz CT molecular complexity index is 345. The average Bonchev–Trinajstić information content (AvgIpc) is 2.01. The number of nitrogens with zero attached hydrogens (tertiary/aromatic N) is 1. The standard InChI is InChI=1S/C11H15NO2.HI/c1-12(2,3)10-6-4-5-9(7-10)8-11(13)14;/h4-7H,8H2,1-3H3;1H. The molecule has 0 aliphatic carbocycles. The maximum atomic E-state index is 10.5. The summed E-state index contributed by atoms with van der Waals surface area (Å²) in [5, 5.41) is 8.66. The number of hydrogen-bond acceptors (Lipinski definition) is 1. The van der Waals surface area contributed by atoms with E-state index in [1.54, 1.807) is 0 Å². The highest BCUT2D eigenvalue weighted by Crippen LogP contribution is 2.18. The van der Waals surface area contributed by atoms with Crippen LogP contribution in [0.4, 0.5) is 5.69 Å². The van der Waals surface area contributed by atoms with Crippen LogP contribution < -0.4 is 28.5 Å². The summed E-state index contributed by atoms with van der Waals surface area (Å²) < 4.78 is 0.702. The van der Waals surface area contributed by atoms with Gasteiger partial charge in [-0.15, -0.1) is 0 Å². The summed E-state index contributed by atoms with van der Waals surface area (Å²) in [4.78, 5) is 10.5. The lowest BCUT2D eigenvalue weighted by Gasteiger charge is -2.23. The third-order valence-corrected chi connectivity index (χ3v) is 2.04. The molecule has 84 valence electrons. The van der Waals surface area contributed by atoms with Gasteiger partial charge in [0.1, 0.15) is 5.69 Å². The molecule has 0 amide bonds. The van der Waals surface area contributed by atoms with Gasteiger partial charge in [-0.25, -0.2) is 0 Å². The number of benzene rings is 1. The fourth-order valence-electron chi connectivity index (χ4n) is 1.26. The van der Waals surface area contributed by atoms with Crippen LogP contribution in [0.2, 0.25) is 0 Å². The van der Waals surface area contributed by atoms with E-state index in [1.807, 2.05) is 24.3 Å². The lowest BCUT2D eigenvalue weighted by Crippen LogP contribution is -3.00. The zero-order valence-corrected chi connectivity index (χ0v) is 11.4. The largest absolute Gasteiger partial charge is 1.00 e. The van der Waals surface area contributed by atoms with Crippen molar-refractivity contribution in [2.45, 2.75) is 6.42 Å². The molecule has 15 heavy (non-hydrogen) atoms. The first-order chi connectivity index (χ1) is 6.39. The molecule has 1 rings (SSSR count). The summed E-state index contributed by atoms with van der Waals surface area (Å²) in [6.45, 7) is 0. The molecule has 4 heteroatoms. The van der Waals surface area contributed by atoms with E-state index in [9.17, 15) is 4.79 Å². The van der Waals surface area contributed by atoms with Crippen LogP contribution in [0.5, 0.6) is 0 Å². The molecule has 0 atom stereocenters. The van der Waals surface area contributed by atoms with Crippen LogP contribution in [0.25, 0.3) is 0 Å². The van der Waals surface area contributed by atoms with E-state index >= 15 is 0 Å². The SMILES string of the molecule is C[N+](C)(C)c1cccc(CC(=O)O)c1.[I-]. The molecule has 1 aromatic rings. The predicted molar refractivity (Wildman–Crippen MR) is 57.3 cm³/mol. The van der Waals surface area contributed by atoms with Crippen LogP contribution in [0, 0.1) is 0 Å². The highest BCUT2D eigenvalue weighted by atomic mass is 127. The zero-order valence-electron chi connectivity index (χ0n) is 9.20. The van der Waals surface area contributed by atoms with Crippen LogP contribution in [0.1, 0.15) is 5.56 Å². The van der Waals surface area contributed by atoms with E-state index in [0.29, 0.717) is 4.48 Å². The highest BCUT2D eigenvalue weighted by molar-refractivity contribution is 5.70. The monoisotopic (exact) mass is 321 g/mol. The molecule has 0 saturated carbocycles. The highest BCUT2D eigenvalue weighted by Gasteiger charge is 2.12. The van der Waals surface area contributed by atoms with Gasteiger partial charge >= 0.3 is 5.97 Å². The Kier molecular flexibility index (Phi) is 5.23. The topological polar surface area (TPSA) is 37.3 Å². The minimum absolute atomic E-state index is 0. The number of halogens is 1. The Hall–Kier alpha value is -0.620. The summed E-state index contributed by atoms with van der Waals surface area (Å²) in [6, 6.07) is 7.68. The molecule has 0 unspecified atom stereocenters. The number of carboxylic acid groups (broad SMARTS) is 1. The van der Waals surface area contributed by atoms with Crippen LogP contribution >= 0.6 is 0 Å². The molecule has 1 aromatic carbocycles. The molecule has 0 fully saturated rings. The minimum Gasteiger partial charge on any atom is -1.00 e. The first kappa shape index (κ1) is 14.4.